The highest BCUT2D eigenvalue weighted by Gasteiger charge is 2.34. The van der Waals surface area contributed by atoms with Crippen LogP contribution in [-0.2, 0) is 14.3 Å². The lowest BCUT2D eigenvalue weighted by atomic mass is 10.1. The predicted octanol–water partition coefficient (Wildman–Crippen LogP) is 3.70. The largest absolute Gasteiger partial charge is 0.462 e. The highest BCUT2D eigenvalue weighted by atomic mass is 19.1. The van der Waals surface area contributed by atoms with Crippen LogP contribution >= 0.6 is 0 Å². The summed E-state index contributed by atoms with van der Waals surface area (Å²) in [6.45, 7) is 3.78. The molecule has 32 heavy (non-hydrogen) atoms. The van der Waals surface area contributed by atoms with E-state index in [0.29, 0.717) is 33.9 Å². The number of carbonyl (C=O) groups is 3. The number of amides is 2. The Morgan fingerprint density at radius 1 is 1.19 bits per heavy atom. The summed E-state index contributed by atoms with van der Waals surface area (Å²) in [6, 6.07) is 11.3. The van der Waals surface area contributed by atoms with Crippen LogP contribution < -0.4 is 10.6 Å². The van der Waals surface area contributed by atoms with Gasteiger partial charge in [0.2, 0.25) is 11.8 Å². The molecule has 1 aliphatic rings. The number of hydrogen-bond donors (Lipinski definition) is 2. The third kappa shape index (κ3) is 4.09. The van der Waals surface area contributed by atoms with Crippen LogP contribution in [0.25, 0.3) is 11.3 Å². The number of ether oxygens (including phenoxy) is 1. The van der Waals surface area contributed by atoms with Gasteiger partial charge in [0.15, 0.2) is 0 Å². The van der Waals surface area contributed by atoms with Crippen LogP contribution in [-0.4, -0.2) is 34.2 Å². The van der Waals surface area contributed by atoms with Gasteiger partial charge in [-0.15, -0.1) is 0 Å². The van der Waals surface area contributed by atoms with Gasteiger partial charge in [-0.3, -0.25) is 9.59 Å². The highest BCUT2D eigenvalue weighted by molar-refractivity contribution is 6.02. The molecule has 0 aliphatic carbocycles. The Bertz CT molecular complexity index is 1190. The summed E-state index contributed by atoms with van der Waals surface area (Å²) in [5, 5.41) is 10.1. The average Bonchev–Trinajstić information content (AvgIpc) is 3.10. The summed E-state index contributed by atoms with van der Waals surface area (Å²) in [4.78, 5) is 37.1. The molecular formula is C23H21FN4O4. The third-order valence-corrected chi connectivity index (χ3v) is 5.16. The van der Waals surface area contributed by atoms with Crippen molar-refractivity contribution in [3.8, 4) is 11.3 Å². The molecule has 0 unspecified atom stereocenters. The number of anilines is 2. The zero-order chi connectivity index (χ0) is 22.8. The van der Waals surface area contributed by atoms with Crippen molar-refractivity contribution in [2.24, 2.45) is 0 Å². The van der Waals surface area contributed by atoms with E-state index in [4.69, 9.17) is 4.74 Å². The van der Waals surface area contributed by atoms with E-state index < -0.39 is 17.9 Å². The van der Waals surface area contributed by atoms with Crippen molar-refractivity contribution in [1.82, 2.24) is 9.78 Å². The number of halogens is 1. The fourth-order valence-corrected chi connectivity index (χ4v) is 3.55. The molecule has 0 saturated heterocycles. The van der Waals surface area contributed by atoms with Crippen molar-refractivity contribution in [3.63, 3.8) is 0 Å². The third-order valence-electron chi connectivity index (χ3n) is 5.16. The van der Waals surface area contributed by atoms with Gasteiger partial charge < -0.3 is 15.4 Å². The van der Waals surface area contributed by atoms with Gasteiger partial charge >= 0.3 is 5.97 Å². The van der Waals surface area contributed by atoms with Gasteiger partial charge in [0.1, 0.15) is 17.7 Å². The summed E-state index contributed by atoms with van der Waals surface area (Å²) in [5.41, 5.74) is 2.75. The maximum Gasteiger partial charge on any atom is 0.338 e. The molecule has 0 radical (unpaired) electrons. The second-order valence-electron chi connectivity index (χ2n) is 7.33. The second kappa shape index (κ2) is 8.62. The Hall–Kier alpha value is -4.01. The SMILES string of the molecule is CCOC(=O)c1ccc(NC(=O)[C@@H]2CC(=O)Nc3c(C)c(-c4ccc(F)cc4)nn32)cc1. The van der Waals surface area contributed by atoms with Crippen molar-refractivity contribution < 1.29 is 23.5 Å². The number of fused-ring (bicyclic) bond motifs is 1. The molecule has 1 aromatic heterocycles. The molecule has 0 bridgehead atoms. The molecule has 8 nitrogen and oxygen atoms in total. The van der Waals surface area contributed by atoms with Gasteiger partial charge in [-0.25, -0.2) is 13.9 Å². The smallest absolute Gasteiger partial charge is 0.338 e. The van der Waals surface area contributed by atoms with Crippen molar-refractivity contribution in [2.45, 2.75) is 26.3 Å². The Balaban J connectivity index is 1.59. The molecule has 1 atom stereocenters. The topological polar surface area (TPSA) is 102 Å². The van der Waals surface area contributed by atoms with E-state index in [1.54, 1.807) is 50.2 Å². The lowest BCUT2D eigenvalue weighted by Gasteiger charge is -2.24. The standard InChI is InChI=1S/C23H21FN4O4/c1-3-32-23(31)15-6-10-17(11-7-15)25-22(30)18-12-19(29)26-21-13(2)20(27-28(18)21)14-4-8-16(24)9-5-14/h4-11,18H,3,12H2,1-2H3,(H,25,30)(H,26,29)/t18-/m0/s1. The number of hydrogen-bond acceptors (Lipinski definition) is 5. The number of esters is 1. The van der Waals surface area contributed by atoms with Gasteiger partial charge in [-0.2, -0.15) is 5.10 Å². The number of nitrogens with zero attached hydrogens (tertiary/aromatic N) is 2. The first-order valence-corrected chi connectivity index (χ1v) is 10.1. The minimum Gasteiger partial charge on any atom is -0.462 e. The molecule has 4 rings (SSSR count). The quantitative estimate of drug-likeness (QED) is 0.594. The van der Waals surface area contributed by atoms with E-state index in [-0.39, 0.29) is 24.8 Å². The van der Waals surface area contributed by atoms with E-state index in [0.717, 1.165) is 0 Å². The molecule has 0 spiro atoms. The van der Waals surface area contributed by atoms with Crippen LogP contribution in [0.15, 0.2) is 48.5 Å². The van der Waals surface area contributed by atoms with Crippen LogP contribution in [0.5, 0.6) is 0 Å². The predicted molar refractivity (Wildman–Crippen MR) is 116 cm³/mol. The maximum absolute atomic E-state index is 13.3. The average molecular weight is 436 g/mol. The zero-order valence-electron chi connectivity index (χ0n) is 17.5. The molecule has 2 N–H and O–H groups in total. The first-order chi connectivity index (χ1) is 15.4. The summed E-state index contributed by atoms with van der Waals surface area (Å²) in [5.74, 6) is -1.10. The van der Waals surface area contributed by atoms with Crippen LogP contribution in [0.4, 0.5) is 15.9 Å². The van der Waals surface area contributed by atoms with Crippen molar-refractivity contribution in [2.75, 3.05) is 17.2 Å². The van der Waals surface area contributed by atoms with E-state index in [1.807, 2.05) is 0 Å². The molecule has 2 heterocycles. The molecule has 0 saturated carbocycles. The fourth-order valence-electron chi connectivity index (χ4n) is 3.55. The van der Waals surface area contributed by atoms with Crippen LogP contribution in [0.3, 0.4) is 0 Å². The van der Waals surface area contributed by atoms with Crippen LogP contribution in [0, 0.1) is 12.7 Å². The first kappa shape index (κ1) is 21.2. The fraction of sp³-hybridized carbons (Fsp3) is 0.217. The Morgan fingerprint density at radius 2 is 1.88 bits per heavy atom. The number of nitrogens with one attached hydrogen (secondary N) is 2. The Kier molecular flexibility index (Phi) is 5.72. The number of carbonyl (C=O) groups excluding carboxylic acids is 3. The van der Waals surface area contributed by atoms with Crippen molar-refractivity contribution in [3.05, 3.63) is 65.5 Å². The van der Waals surface area contributed by atoms with Crippen LogP contribution in [0.1, 0.15) is 35.3 Å². The van der Waals surface area contributed by atoms with Gasteiger partial charge in [-0.05, 0) is 62.4 Å². The van der Waals surface area contributed by atoms with Gasteiger partial charge in [0.05, 0.1) is 24.3 Å². The molecular weight excluding hydrogens is 415 g/mol. The number of benzene rings is 2. The molecule has 2 amide bonds. The zero-order valence-corrected chi connectivity index (χ0v) is 17.5. The highest BCUT2D eigenvalue weighted by Crippen LogP contribution is 2.34. The van der Waals surface area contributed by atoms with E-state index >= 15 is 0 Å². The van der Waals surface area contributed by atoms with Gasteiger partial charge in [0.25, 0.3) is 0 Å². The van der Waals surface area contributed by atoms with Gasteiger partial charge in [-0.1, -0.05) is 0 Å². The molecule has 1 aliphatic heterocycles. The van der Waals surface area contributed by atoms with E-state index in [1.165, 1.54) is 16.8 Å². The number of rotatable bonds is 5. The van der Waals surface area contributed by atoms with Crippen molar-refractivity contribution in [1.29, 1.82) is 0 Å². The minimum atomic E-state index is -0.864. The summed E-state index contributed by atoms with van der Waals surface area (Å²) >= 11 is 0. The lowest BCUT2D eigenvalue weighted by molar-refractivity contribution is -0.125. The normalized spacial score (nSPS) is 15.0. The Morgan fingerprint density at radius 3 is 2.53 bits per heavy atom. The first-order valence-electron chi connectivity index (χ1n) is 10.1. The summed E-state index contributed by atoms with van der Waals surface area (Å²) in [7, 11) is 0. The Labute approximate surface area is 183 Å². The van der Waals surface area contributed by atoms with E-state index in [2.05, 4.69) is 15.7 Å². The number of aromatic nitrogens is 2. The maximum atomic E-state index is 13.3. The monoisotopic (exact) mass is 436 g/mol. The summed E-state index contributed by atoms with van der Waals surface area (Å²) in [6.07, 6.45) is -0.0796. The van der Waals surface area contributed by atoms with Gasteiger partial charge in [0, 0.05) is 16.8 Å². The molecule has 0 fully saturated rings. The minimum absolute atomic E-state index is 0.0796. The molecule has 2 aromatic carbocycles. The van der Waals surface area contributed by atoms with Crippen molar-refractivity contribution >= 4 is 29.3 Å². The molecule has 164 valence electrons. The van der Waals surface area contributed by atoms with Crippen LogP contribution in [0.2, 0.25) is 0 Å². The molecule has 3 aromatic rings. The molecule has 9 heteroatoms. The second-order valence-corrected chi connectivity index (χ2v) is 7.33. The summed E-state index contributed by atoms with van der Waals surface area (Å²) < 4.78 is 19.7. The lowest BCUT2D eigenvalue weighted by Crippen LogP contribution is -2.35. The van der Waals surface area contributed by atoms with E-state index in [9.17, 15) is 18.8 Å².